The Bertz CT molecular complexity index is 1180. The van der Waals surface area contributed by atoms with Gasteiger partial charge >= 0.3 is 5.97 Å². The van der Waals surface area contributed by atoms with Crippen molar-refractivity contribution in [3.05, 3.63) is 71.4 Å². The zero-order valence-electron chi connectivity index (χ0n) is 20.6. The molecule has 0 saturated carbocycles. The molecule has 2 heterocycles. The summed E-state index contributed by atoms with van der Waals surface area (Å²) in [6, 6.07) is 17.5. The van der Waals surface area contributed by atoms with Crippen molar-refractivity contribution in [3.63, 3.8) is 0 Å². The molecule has 1 aliphatic heterocycles. The molecule has 2 unspecified atom stereocenters. The molecule has 0 radical (unpaired) electrons. The molecule has 1 aromatic heterocycles. The first-order valence-electron chi connectivity index (χ1n) is 12.2. The van der Waals surface area contributed by atoms with Crippen LogP contribution in [0, 0.1) is 5.92 Å². The molecule has 1 N–H and O–H groups in total. The van der Waals surface area contributed by atoms with E-state index < -0.39 is 5.54 Å². The van der Waals surface area contributed by atoms with Gasteiger partial charge in [-0.2, -0.15) is 0 Å². The van der Waals surface area contributed by atoms with Gasteiger partial charge < -0.3 is 15.0 Å². The number of aliphatic imine (C=N–C) groups is 1. The third kappa shape index (κ3) is 5.27. The summed E-state index contributed by atoms with van der Waals surface area (Å²) in [6.07, 6.45) is 6.44. The Morgan fingerprint density at radius 2 is 1.97 bits per heavy atom. The number of carbonyl (C=O) groups excluding carboxylic acids is 1. The number of methoxy groups -OCH3 is 1. The maximum Gasteiger partial charge on any atom is 0.340 e. The zero-order valence-corrected chi connectivity index (χ0v) is 21.3. The van der Waals surface area contributed by atoms with E-state index in [9.17, 15) is 4.79 Å². The Balaban J connectivity index is 1.42. The average molecular weight is 493 g/mol. The van der Waals surface area contributed by atoms with Gasteiger partial charge in [-0.25, -0.2) is 4.79 Å². The number of esters is 1. The Hall–Kier alpha value is -3.12. The molecule has 0 spiro atoms. The highest BCUT2D eigenvalue weighted by Gasteiger charge is 2.53. The van der Waals surface area contributed by atoms with Crippen LogP contribution in [0.15, 0.2) is 65.8 Å². The van der Waals surface area contributed by atoms with Crippen LogP contribution in [-0.4, -0.2) is 48.4 Å². The largest absolute Gasteiger partial charge is 0.467 e. The first kappa shape index (κ1) is 25.0. The van der Waals surface area contributed by atoms with E-state index in [1.165, 1.54) is 7.11 Å². The summed E-state index contributed by atoms with van der Waals surface area (Å²) >= 11 is 6.11. The Morgan fingerprint density at radius 3 is 2.71 bits per heavy atom. The number of nitrogens with zero attached hydrogens (tertiary/aromatic N) is 3. The molecule has 6 nitrogen and oxygen atoms in total. The number of rotatable bonds is 10. The first-order chi connectivity index (χ1) is 17.0. The van der Waals surface area contributed by atoms with Crippen LogP contribution in [0.2, 0.25) is 5.02 Å². The number of halogens is 1. The SMILES string of the molecule is COC(=O)C1(c2ccccc2)N=CN(CCCCNc2ccnc3cc(Cl)ccc23)C1CC(C)C. The molecule has 0 amide bonds. The summed E-state index contributed by atoms with van der Waals surface area (Å²) in [5, 5.41) is 5.28. The van der Waals surface area contributed by atoms with Gasteiger partial charge in [0.2, 0.25) is 5.54 Å². The highest BCUT2D eigenvalue weighted by molar-refractivity contribution is 6.31. The minimum absolute atomic E-state index is 0.0841. The monoisotopic (exact) mass is 492 g/mol. The van der Waals surface area contributed by atoms with Gasteiger partial charge in [0.25, 0.3) is 0 Å². The molecule has 2 aromatic carbocycles. The van der Waals surface area contributed by atoms with Crippen molar-refractivity contribution in [1.82, 2.24) is 9.88 Å². The number of fused-ring (bicyclic) bond motifs is 1. The van der Waals surface area contributed by atoms with E-state index in [1.54, 1.807) is 6.20 Å². The molecular formula is C28H33ClN4O2. The fourth-order valence-electron chi connectivity index (χ4n) is 4.88. The number of hydrogen-bond acceptors (Lipinski definition) is 6. The summed E-state index contributed by atoms with van der Waals surface area (Å²) in [4.78, 5) is 24.6. The summed E-state index contributed by atoms with van der Waals surface area (Å²) in [5.41, 5.74) is 1.78. The predicted molar refractivity (Wildman–Crippen MR) is 143 cm³/mol. The second kappa shape index (κ2) is 11.1. The number of pyridine rings is 1. The van der Waals surface area contributed by atoms with Gasteiger partial charge in [0.15, 0.2) is 0 Å². The van der Waals surface area contributed by atoms with Gasteiger partial charge in [-0.3, -0.25) is 9.98 Å². The number of unbranched alkanes of at least 4 members (excludes halogenated alkanes) is 1. The summed E-state index contributed by atoms with van der Waals surface area (Å²) in [6.45, 7) is 6.02. The molecule has 2 atom stereocenters. The van der Waals surface area contributed by atoms with Crippen molar-refractivity contribution in [2.24, 2.45) is 10.9 Å². The second-order valence-electron chi connectivity index (χ2n) is 9.41. The van der Waals surface area contributed by atoms with Gasteiger partial charge in [0, 0.05) is 35.4 Å². The molecule has 0 bridgehead atoms. The van der Waals surface area contributed by atoms with Crippen molar-refractivity contribution < 1.29 is 9.53 Å². The van der Waals surface area contributed by atoms with Gasteiger partial charge in [0.05, 0.1) is 25.0 Å². The van der Waals surface area contributed by atoms with Gasteiger partial charge in [-0.05, 0) is 55.0 Å². The Labute approximate surface area is 212 Å². The van der Waals surface area contributed by atoms with E-state index in [-0.39, 0.29) is 12.0 Å². The average Bonchev–Trinajstić information content (AvgIpc) is 3.21. The zero-order chi connectivity index (χ0) is 24.8. The molecule has 1 aliphatic rings. The minimum Gasteiger partial charge on any atom is -0.467 e. The molecule has 0 fully saturated rings. The van der Waals surface area contributed by atoms with Crippen LogP contribution in [0.25, 0.3) is 10.9 Å². The predicted octanol–water partition coefficient (Wildman–Crippen LogP) is 5.91. The lowest BCUT2D eigenvalue weighted by molar-refractivity contribution is -0.149. The molecular weight excluding hydrogens is 460 g/mol. The number of nitrogens with one attached hydrogen (secondary N) is 1. The molecule has 184 valence electrons. The van der Waals surface area contributed by atoms with Crippen molar-refractivity contribution in [1.29, 1.82) is 0 Å². The maximum absolute atomic E-state index is 13.1. The molecule has 7 heteroatoms. The highest BCUT2D eigenvalue weighted by Crippen LogP contribution is 2.40. The van der Waals surface area contributed by atoms with Gasteiger partial charge in [0.1, 0.15) is 0 Å². The van der Waals surface area contributed by atoms with Crippen LogP contribution in [0.3, 0.4) is 0 Å². The van der Waals surface area contributed by atoms with E-state index in [0.717, 1.165) is 54.5 Å². The third-order valence-corrected chi connectivity index (χ3v) is 6.80. The number of aromatic nitrogens is 1. The van der Waals surface area contributed by atoms with E-state index in [4.69, 9.17) is 21.3 Å². The Kier molecular flexibility index (Phi) is 7.91. The molecule has 0 aliphatic carbocycles. The van der Waals surface area contributed by atoms with E-state index in [2.05, 4.69) is 29.0 Å². The standard InChI is InChI=1S/C28H33ClN4O2/c1-20(2)17-26-28(27(34)35-3,21-9-5-4-6-10-21)32-19-33(26)16-8-7-14-30-24-13-15-31-25-18-22(29)11-12-23(24)25/h4-6,9-13,15,18-20,26H,7-8,14,16-17H2,1-3H3,(H,30,31). The van der Waals surface area contributed by atoms with Crippen molar-refractivity contribution in [2.45, 2.75) is 44.7 Å². The summed E-state index contributed by atoms with van der Waals surface area (Å²) < 4.78 is 5.28. The highest BCUT2D eigenvalue weighted by atomic mass is 35.5. The van der Waals surface area contributed by atoms with Crippen LogP contribution in [0.5, 0.6) is 0 Å². The normalized spacial score (nSPS) is 19.5. The van der Waals surface area contributed by atoms with Crippen molar-refractivity contribution in [2.75, 3.05) is 25.5 Å². The van der Waals surface area contributed by atoms with E-state index in [0.29, 0.717) is 10.9 Å². The number of hydrogen-bond donors (Lipinski definition) is 1. The third-order valence-electron chi connectivity index (χ3n) is 6.56. The number of ether oxygens (including phenoxy) is 1. The molecule has 35 heavy (non-hydrogen) atoms. The topological polar surface area (TPSA) is 66.8 Å². The van der Waals surface area contributed by atoms with Crippen LogP contribution < -0.4 is 5.32 Å². The quantitative estimate of drug-likeness (QED) is 0.281. The van der Waals surface area contributed by atoms with Crippen LogP contribution in [0.4, 0.5) is 5.69 Å². The number of carbonyl (C=O) groups is 1. The number of anilines is 1. The summed E-state index contributed by atoms with van der Waals surface area (Å²) in [7, 11) is 1.44. The summed E-state index contributed by atoms with van der Waals surface area (Å²) in [5.74, 6) is 0.103. The molecule has 3 aromatic rings. The lowest BCUT2D eigenvalue weighted by Gasteiger charge is -2.36. The van der Waals surface area contributed by atoms with Crippen LogP contribution in [0.1, 0.15) is 38.7 Å². The van der Waals surface area contributed by atoms with Crippen LogP contribution in [-0.2, 0) is 15.1 Å². The Morgan fingerprint density at radius 1 is 1.17 bits per heavy atom. The minimum atomic E-state index is -1.03. The second-order valence-corrected chi connectivity index (χ2v) is 9.84. The lowest BCUT2D eigenvalue weighted by Crippen LogP contribution is -2.50. The fourth-order valence-corrected chi connectivity index (χ4v) is 5.04. The van der Waals surface area contributed by atoms with Crippen molar-refractivity contribution in [3.8, 4) is 0 Å². The smallest absolute Gasteiger partial charge is 0.340 e. The number of benzene rings is 2. The first-order valence-corrected chi connectivity index (χ1v) is 12.6. The van der Waals surface area contributed by atoms with Gasteiger partial charge in [-0.15, -0.1) is 0 Å². The van der Waals surface area contributed by atoms with Gasteiger partial charge in [-0.1, -0.05) is 55.8 Å². The van der Waals surface area contributed by atoms with E-state index in [1.807, 2.05) is 60.9 Å². The molecule has 0 saturated heterocycles. The fraction of sp³-hybridized carbons (Fsp3) is 0.393. The van der Waals surface area contributed by atoms with Crippen molar-refractivity contribution >= 4 is 40.5 Å². The maximum atomic E-state index is 13.1. The lowest BCUT2D eigenvalue weighted by atomic mass is 9.79. The van der Waals surface area contributed by atoms with Crippen LogP contribution >= 0.6 is 11.6 Å². The van der Waals surface area contributed by atoms with E-state index >= 15 is 0 Å². The molecule has 4 rings (SSSR count).